The summed E-state index contributed by atoms with van der Waals surface area (Å²) in [5.74, 6) is -2.46. The Kier molecular flexibility index (Phi) is 5.66. The molecule has 2 heterocycles. The number of urea groups is 1. The smallest absolute Gasteiger partial charge is 0.335 e. The number of carbonyl (C=O) groups is 4. The zero-order chi connectivity index (χ0) is 24.7. The Bertz CT molecular complexity index is 1410. The number of hydrogen-bond donors (Lipinski definition) is 2. The number of barbiturate groups is 1. The third-order valence-corrected chi connectivity index (χ3v) is 5.91. The minimum atomic E-state index is -1.00. The molecule has 1 aromatic heterocycles. The predicted octanol–water partition coefficient (Wildman–Crippen LogP) is 4.08. The fourth-order valence-electron chi connectivity index (χ4n) is 4.19. The summed E-state index contributed by atoms with van der Waals surface area (Å²) in [5, 5.41) is 11.5. The van der Waals surface area contributed by atoms with Crippen molar-refractivity contribution in [2.24, 2.45) is 0 Å². The number of aryl methyl sites for hydroxylation is 3. The Morgan fingerprint density at radius 1 is 0.912 bits per heavy atom. The topological polar surface area (TPSA) is 109 Å². The van der Waals surface area contributed by atoms with Crippen LogP contribution < -0.4 is 10.2 Å². The van der Waals surface area contributed by atoms with Gasteiger partial charge in [0.2, 0.25) is 0 Å². The van der Waals surface area contributed by atoms with Gasteiger partial charge in [0, 0.05) is 17.1 Å². The summed E-state index contributed by atoms with van der Waals surface area (Å²) in [4.78, 5) is 50.6. The highest BCUT2D eigenvalue weighted by atomic mass is 16.4. The van der Waals surface area contributed by atoms with Gasteiger partial charge < -0.3 is 9.67 Å². The number of aromatic carboxylic acids is 1. The standard InChI is InChI=1S/C26H23N3O5/c1-14-7-5-6-8-21(14)29-24(31)20(23(30)27-26(29)34)13-19-12-16(3)28(17(19)4)22-10-9-18(25(32)33)11-15(22)2/h5-13H,1-4H3,(H,32,33)(H,27,30,34). The minimum absolute atomic E-state index is 0.152. The van der Waals surface area contributed by atoms with Crippen LogP contribution >= 0.6 is 0 Å². The van der Waals surface area contributed by atoms with E-state index in [-0.39, 0.29) is 11.1 Å². The van der Waals surface area contributed by atoms with E-state index in [0.29, 0.717) is 11.3 Å². The lowest BCUT2D eigenvalue weighted by Gasteiger charge is -2.27. The van der Waals surface area contributed by atoms with E-state index in [4.69, 9.17) is 0 Å². The second kappa shape index (κ2) is 8.47. The van der Waals surface area contributed by atoms with Crippen LogP contribution in [0.3, 0.4) is 0 Å². The Balaban J connectivity index is 1.78. The summed E-state index contributed by atoms with van der Waals surface area (Å²) in [7, 11) is 0. The molecule has 4 amide bonds. The van der Waals surface area contributed by atoms with Gasteiger partial charge in [0.15, 0.2) is 0 Å². The second-order valence-corrected chi connectivity index (χ2v) is 8.21. The van der Waals surface area contributed by atoms with Crippen LogP contribution in [0.1, 0.15) is 38.4 Å². The van der Waals surface area contributed by atoms with Crippen molar-refractivity contribution in [3.05, 3.63) is 87.7 Å². The van der Waals surface area contributed by atoms with Gasteiger partial charge in [-0.2, -0.15) is 0 Å². The lowest BCUT2D eigenvalue weighted by Crippen LogP contribution is -2.54. The molecule has 0 spiro atoms. The first-order chi connectivity index (χ1) is 16.1. The van der Waals surface area contributed by atoms with Gasteiger partial charge in [-0.25, -0.2) is 14.5 Å². The minimum Gasteiger partial charge on any atom is -0.478 e. The summed E-state index contributed by atoms with van der Waals surface area (Å²) < 4.78 is 1.93. The van der Waals surface area contributed by atoms with Crippen molar-refractivity contribution in [2.45, 2.75) is 27.7 Å². The number of anilines is 1. The van der Waals surface area contributed by atoms with Crippen molar-refractivity contribution in [2.75, 3.05) is 4.90 Å². The maximum Gasteiger partial charge on any atom is 0.335 e. The van der Waals surface area contributed by atoms with Crippen LogP contribution in [0.5, 0.6) is 0 Å². The number of carbonyl (C=O) groups excluding carboxylic acids is 3. The highest BCUT2D eigenvalue weighted by Gasteiger charge is 2.37. The quantitative estimate of drug-likeness (QED) is 0.453. The molecule has 1 saturated heterocycles. The predicted molar refractivity (Wildman–Crippen MR) is 127 cm³/mol. The Hall–Kier alpha value is -4.46. The summed E-state index contributed by atoms with van der Waals surface area (Å²) in [6.45, 7) is 7.33. The average molecular weight is 457 g/mol. The molecule has 0 radical (unpaired) electrons. The molecule has 2 aromatic carbocycles. The number of nitrogens with zero attached hydrogens (tertiary/aromatic N) is 2. The molecule has 0 bridgehead atoms. The van der Waals surface area contributed by atoms with Crippen molar-refractivity contribution in [1.82, 2.24) is 9.88 Å². The SMILES string of the molecule is Cc1ccccc1N1C(=O)NC(=O)C(=Cc2cc(C)n(-c3ccc(C(=O)O)cc3C)c2C)C1=O. The Morgan fingerprint density at radius 2 is 1.62 bits per heavy atom. The first-order valence-electron chi connectivity index (χ1n) is 10.6. The van der Waals surface area contributed by atoms with Crippen molar-refractivity contribution in [1.29, 1.82) is 0 Å². The van der Waals surface area contributed by atoms with E-state index in [2.05, 4.69) is 5.32 Å². The zero-order valence-electron chi connectivity index (χ0n) is 19.2. The summed E-state index contributed by atoms with van der Waals surface area (Å²) in [6, 6.07) is 12.8. The Labute approximate surface area is 196 Å². The molecule has 0 atom stereocenters. The first-order valence-corrected chi connectivity index (χ1v) is 10.6. The van der Waals surface area contributed by atoms with Gasteiger partial charge >= 0.3 is 12.0 Å². The first kappa shape index (κ1) is 22.7. The number of hydrogen-bond acceptors (Lipinski definition) is 4. The van der Waals surface area contributed by atoms with E-state index < -0.39 is 23.8 Å². The maximum absolute atomic E-state index is 13.2. The molecule has 1 aliphatic heterocycles. The summed E-state index contributed by atoms with van der Waals surface area (Å²) >= 11 is 0. The number of imide groups is 2. The third-order valence-electron chi connectivity index (χ3n) is 5.91. The number of amides is 4. The molecule has 4 rings (SSSR count). The average Bonchev–Trinajstić information content (AvgIpc) is 3.05. The largest absolute Gasteiger partial charge is 0.478 e. The number of rotatable bonds is 4. The van der Waals surface area contributed by atoms with Gasteiger partial charge in [0.25, 0.3) is 11.8 Å². The molecule has 172 valence electrons. The number of para-hydroxylation sites is 1. The maximum atomic E-state index is 13.2. The van der Waals surface area contributed by atoms with Crippen molar-refractivity contribution < 1.29 is 24.3 Å². The number of aromatic nitrogens is 1. The zero-order valence-corrected chi connectivity index (χ0v) is 19.2. The normalized spacial score (nSPS) is 15.1. The van der Waals surface area contributed by atoms with Gasteiger partial charge in [-0.05, 0) is 80.8 Å². The molecular weight excluding hydrogens is 434 g/mol. The van der Waals surface area contributed by atoms with Crippen LogP contribution in [0, 0.1) is 27.7 Å². The van der Waals surface area contributed by atoms with Crippen molar-refractivity contribution in [3.8, 4) is 5.69 Å². The van der Waals surface area contributed by atoms with E-state index in [1.807, 2.05) is 31.4 Å². The molecule has 0 saturated carbocycles. The number of benzene rings is 2. The summed E-state index contributed by atoms with van der Waals surface area (Å²) in [6.07, 6.45) is 1.48. The molecule has 2 N–H and O–H groups in total. The van der Waals surface area contributed by atoms with Gasteiger partial charge in [-0.1, -0.05) is 18.2 Å². The van der Waals surface area contributed by atoms with Crippen molar-refractivity contribution in [3.63, 3.8) is 0 Å². The molecule has 8 heteroatoms. The summed E-state index contributed by atoms with van der Waals surface area (Å²) in [5.41, 5.74) is 4.96. The van der Waals surface area contributed by atoms with Gasteiger partial charge in [-0.3, -0.25) is 14.9 Å². The van der Waals surface area contributed by atoms with Crippen LogP contribution in [0.15, 0.2) is 54.1 Å². The van der Waals surface area contributed by atoms with E-state index in [9.17, 15) is 24.3 Å². The molecule has 8 nitrogen and oxygen atoms in total. The Morgan fingerprint density at radius 3 is 2.26 bits per heavy atom. The van der Waals surface area contributed by atoms with E-state index in [1.165, 1.54) is 12.1 Å². The monoisotopic (exact) mass is 457 g/mol. The highest BCUT2D eigenvalue weighted by Crippen LogP contribution is 2.28. The molecular formula is C26H23N3O5. The van der Waals surface area contributed by atoms with Crippen LogP contribution in [-0.4, -0.2) is 33.5 Å². The van der Waals surface area contributed by atoms with E-state index in [1.54, 1.807) is 43.3 Å². The second-order valence-electron chi connectivity index (χ2n) is 8.21. The third kappa shape index (κ3) is 3.79. The lowest BCUT2D eigenvalue weighted by molar-refractivity contribution is -0.122. The lowest BCUT2D eigenvalue weighted by atomic mass is 10.1. The molecule has 1 fully saturated rings. The van der Waals surface area contributed by atoms with Crippen molar-refractivity contribution >= 4 is 35.6 Å². The number of carboxylic acids is 1. The van der Waals surface area contributed by atoms with Crippen LogP contribution in [0.4, 0.5) is 10.5 Å². The van der Waals surface area contributed by atoms with Gasteiger partial charge in [0.05, 0.1) is 11.3 Å². The van der Waals surface area contributed by atoms with E-state index >= 15 is 0 Å². The molecule has 1 aliphatic rings. The molecule has 0 unspecified atom stereocenters. The highest BCUT2D eigenvalue weighted by molar-refractivity contribution is 6.39. The van der Waals surface area contributed by atoms with Crippen LogP contribution in [0.25, 0.3) is 11.8 Å². The van der Waals surface area contributed by atoms with Gasteiger partial charge in [-0.15, -0.1) is 0 Å². The van der Waals surface area contributed by atoms with Gasteiger partial charge in [0.1, 0.15) is 5.57 Å². The fraction of sp³-hybridized carbons (Fsp3) is 0.154. The number of carboxylic acid groups (broad SMARTS) is 1. The number of nitrogens with one attached hydrogen (secondary N) is 1. The molecule has 0 aliphatic carbocycles. The molecule has 3 aromatic rings. The van der Waals surface area contributed by atoms with Crippen LogP contribution in [0.2, 0.25) is 0 Å². The molecule has 34 heavy (non-hydrogen) atoms. The fourth-order valence-corrected chi connectivity index (χ4v) is 4.19. The van der Waals surface area contributed by atoms with Crippen LogP contribution in [-0.2, 0) is 9.59 Å². The van der Waals surface area contributed by atoms with E-state index in [0.717, 1.165) is 33.1 Å².